The molecule has 25 heavy (non-hydrogen) atoms. The Labute approximate surface area is 148 Å². The number of hydrogen-bond donors (Lipinski definition) is 1. The van der Waals surface area contributed by atoms with Gasteiger partial charge in [0.05, 0.1) is 28.4 Å². The summed E-state index contributed by atoms with van der Waals surface area (Å²) in [5, 5.41) is 2.70. The molecule has 0 aliphatic carbocycles. The molecule has 1 N–H and O–H groups in total. The maximum Gasteiger partial charge on any atom is 0.338 e. The Bertz CT molecular complexity index is 905. The summed E-state index contributed by atoms with van der Waals surface area (Å²) in [5.74, 6) is -0.263. The lowest BCUT2D eigenvalue weighted by molar-refractivity contribution is -0.123. The van der Waals surface area contributed by atoms with Gasteiger partial charge in [-0.3, -0.25) is 4.79 Å². The average molecular weight is 356 g/mol. The molecule has 128 valence electrons. The number of nitrogens with one attached hydrogen (secondary N) is 1. The summed E-state index contributed by atoms with van der Waals surface area (Å²) in [6.45, 7) is 1.53. The number of thiazole rings is 1. The molecule has 0 spiro atoms. The van der Waals surface area contributed by atoms with Gasteiger partial charge in [0.1, 0.15) is 5.75 Å². The summed E-state index contributed by atoms with van der Waals surface area (Å²) in [6.07, 6.45) is -0.924. The zero-order valence-electron chi connectivity index (χ0n) is 13.7. The van der Waals surface area contributed by atoms with E-state index in [1.165, 1.54) is 18.3 Å². The quantitative estimate of drug-likeness (QED) is 0.708. The van der Waals surface area contributed by atoms with Gasteiger partial charge in [-0.15, -0.1) is 11.3 Å². The van der Waals surface area contributed by atoms with Crippen molar-refractivity contribution < 1.29 is 19.1 Å². The Morgan fingerprint density at radius 3 is 2.64 bits per heavy atom. The van der Waals surface area contributed by atoms with E-state index in [4.69, 9.17) is 9.47 Å². The number of carbonyl (C=O) groups excluding carboxylic acids is 2. The van der Waals surface area contributed by atoms with Crippen LogP contribution in [0.4, 0.5) is 5.69 Å². The van der Waals surface area contributed by atoms with Gasteiger partial charge < -0.3 is 14.8 Å². The molecule has 0 saturated heterocycles. The SMILES string of the molecule is COc1ccc(NC(=O)C(C)OC(=O)c2ccc3ncsc3c2)cc1. The molecular weight excluding hydrogens is 340 g/mol. The summed E-state index contributed by atoms with van der Waals surface area (Å²) < 4.78 is 11.2. The van der Waals surface area contributed by atoms with Gasteiger partial charge in [0, 0.05) is 5.69 Å². The molecule has 0 saturated carbocycles. The first-order valence-corrected chi connectivity index (χ1v) is 8.44. The number of benzene rings is 2. The minimum atomic E-state index is -0.924. The van der Waals surface area contributed by atoms with Gasteiger partial charge in [0.2, 0.25) is 0 Å². The molecule has 3 rings (SSSR count). The second kappa shape index (κ2) is 7.31. The van der Waals surface area contributed by atoms with Crippen molar-refractivity contribution in [2.75, 3.05) is 12.4 Å². The molecule has 0 aliphatic rings. The Kier molecular flexibility index (Phi) is 4.95. The largest absolute Gasteiger partial charge is 0.497 e. The number of fused-ring (bicyclic) bond motifs is 1. The van der Waals surface area contributed by atoms with E-state index >= 15 is 0 Å². The number of esters is 1. The fraction of sp³-hybridized carbons (Fsp3) is 0.167. The van der Waals surface area contributed by atoms with Crippen molar-refractivity contribution in [2.45, 2.75) is 13.0 Å². The van der Waals surface area contributed by atoms with Crippen LogP contribution < -0.4 is 10.1 Å². The van der Waals surface area contributed by atoms with Crippen LogP contribution in [0.25, 0.3) is 10.2 Å². The van der Waals surface area contributed by atoms with Crippen molar-refractivity contribution in [1.29, 1.82) is 0 Å². The van der Waals surface area contributed by atoms with Crippen molar-refractivity contribution in [2.24, 2.45) is 0 Å². The molecule has 0 bridgehead atoms. The Morgan fingerprint density at radius 1 is 1.16 bits per heavy atom. The van der Waals surface area contributed by atoms with Crippen molar-refractivity contribution in [3.05, 3.63) is 53.5 Å². The smallest absolute Gasteiger partial charge is 0.338 e. The normalized spacial score (nSPS) is 11.8. The van der Waals surface area contributed by atoms with Gasteiger partial charge in [-0.2, -0.15) is 0 Å². The molecule has 1 atom stereocenters. The molecule has 6 nitrogen and oxygen atoms in total. The van der Waals surface area contributed by atoms with E-state index in [2.05, 4.69) is 10.3 Å². The third-order valence-electron chi connectivity index (χ3n) is 3.58. The van der Waals surface area contributed by atoms with E-state index in [1.54, 1.807) is 55.1 Å². The first-order valence-electron chi connectivity index (χ1n) is 7.56. The maximum absolute atomic E-state index is 12.2. The number of amides is 1. The number of anilines is 1. The zero-order valence-corrected chi connectivity index (χ0v) is 14.5. The van der Waals surface area contributed by atoms with E-state index in [0.29, 0.717) is 17.0 Å². The van der Waals surface area contributed by atoms with Crippen LogP contribution in [0.15, 0.2) is 48.0 Å². The monoisotopic (exact) mass is 356 g/mol. The Balaban J connectivity index is 1.62. The van der Waals surface area contributed by atoms with Gasteiger partial charge in [0.15, 0.2) is 6.10 Å². The van der Waals surface area contributed by atoms with E-state index in [1.807, 2.05) is 0 Å². The molecule has 1 aromatic heterocycles. The molecular formula is C18H16N2O4S. The Morgan fingerprint density at radius 2 is 1.92 bits per heavy atom. The lowest BCUT2D eigenvalue weighted by Gasteiger charge is -2.13. The van der Waals surface area contributed by atoms with Crippen molar-refractivity contribution in [3.8, 4) is 5.75 Å². The molecule has 2 aromatic carbocycles. The maximum atomic E-state index is 12.2. The van der Waals surface area contributed by atoms with Gasteiger partial charge in [-0.25, -0.2) is 9.78 Å². The highest BCUT2D eigenvalue weighted by Crippen LogP contribution is 2.20. The third kappa shape index (κ3) is 3.95. The molecule has 1 amide bonds. The standard InChI is InChI=1S/C18H16N2O4S/c1-11(17(21)20-13-4-6-14(23-2)7-5-13)24-18(22)12-3-8-15-16(9-12)25-10-19-15/h3-11H,1-2H3,(H,20,21). The van der Waals surface area contributed by atoms with Crippen LogP contribution in [0.5, 0.6) is 5.75 Å². The molecule has 1 heterocycles. The van der Waals surface area contributed by atoms with Gasteiger partial charge in [-0.1, -0.05) is 0 Å². The number of hydrogen-bond acceptors (Lipinski definition) is 6. The van der Waals surface area contributed by atoms with E-state index in [9.17, 15) is 9.59 Å². The van der Waals surface area contributed by atoms with Crippen LogP contribution in [0, 0.1) is 0 Å². The lowest BCUT2D eigenvalue weighted by Crippen LogP contribution is -2.29. The highest BCUT2D eigenvalue weighted by atomic mass is 32.1. The van der Waals surface area contributed by atoms with Crippen molar-refractivity contribution >= 4 is 39.1 Å². The molecule has 7 heteroatoms. The first-order chi connectivity index (χ1) is 12.1. The minimum absolute atomic E-state index is 0.390. The highest BCUT2D eigenvalue weighted by Gasteiger charge is 2.19. The summed E-state index contributed by atoms with van der Waals surface area (Å²) in [6, 6.07) is 12.0. The van der Waals surface area contributed by atoms with Crippen molar-refractivity contribution in [3.63, 3.8) is 0 Å². The number of carbonyl (C=O) groups is 2. The summed E-state index contributed by atoms with van der Waals surface area (Å²) in [5.41, 5.74) is 3.53. The van der Waals surface area contributed by atoms with Crippen LogP contribution in [0.3, 0.4) is 0 Å². The molecule has 3 aromatic rings. The lowest BCUT2D eigenvalue weighted by atomic mass is 10.2. The Hall–Kier alpha value is -2.93. The topological polar surface area (TPSA) is 77.5 Å². The fourth-order valence-electron chi connectivity index (χ4n) is 2.18. The zero-order chi connectivity index (χ0) is 17.8. The second-order valence-electron chi connectivity index (χ2n) is 5.30. The number of rotatable bonds is 5. The predicted octanol–water partition coefficient (Wildman–Crippen LogP) is 3.49. The summed E-state index contributed by atoms with van der Waals surface area (Å²) in [7, 11) is 1.57. The number of nitrogens with zero attached hydrogens (tertiary/aromatic N) is 1. The van der Waals surface area contributed by atoms with Crippen LogP contribution in [-0.2, 0) is 9.53 Å². The molecule has 0 radical (unpaired) electrons. The second-order valence-corrected chi connectivity index (χ2v) is 6.19. The highest BCUT2D eigenvalue weighted by molar-refractivity contribution is 7.16. The molecule has 1 unspecified atom stereocenters. The van der Waals surface area contributed by atoms with Gasteiger partial charge >= 0.3 is 5.97 Å². The average Bonchev–Trinajstić information content (AvgIpc) is 3.09. The van der Waals surface area contributed by atoms with E-state index in [-0.39, 0.29) is 0 Å². The summed E-state index contributed by atoms with van der Waals surface area (Å²) in [4.78, 5) is 28.6. The fourth-order valence-corrected chi connectivity index (χ4v) is 2.90. The molecule has 0 aliphatic heterocycles. The van der Waals surface area contributed by atoms with Crippen LogP contribution in [0.1, 0.15) is 17.3 Å². The van der Waals surface area contributed by atoms with Gasteiger partial charge in [0.25, 0.3) is 5.91 Å². The first kappa shape index (κ1) is 16.9. The predicted molar refractivity (Wildman–Crippen MR) is 96.1 cm³/mol. The minimum Gasteiger partial charge on any atom is -0.497 e. The van der Waals surface area contributed by atoms with Crippen molar-refractivity contribution in [1.82, 2.24) is 4.98 Å². The summed E-state index contributed by atoms with van der Waals surface area (Å²) >= 11 is 1.44. The third-order valence-corrected chi connectivity index (χ3v) is 4.37. The number of ether oxygens (including phenoxy) is 2. The van der Waals surface area contributed by atoms with E-state index < -0.39 is 18.0 Å². The number of aromatic nitrogens is 1. The number of methoxy groups -OCH3 is 1. The van der Waals surface area contributed by atoms with Crippen LogP contribution >= 0.6 is 11.3 Å². The van der Waals surface area contributed by atoms with E-state index in [0.717, 1.165) is 10.2 Å². The van der Waals surface area contributed by atoms with Crippen LogP contribution in [-0.4, -0.2) is 30.1 Å². The van der Waals surface area contributed by atoms with Crippen LogP contribution in [0.2, 0.25) is 0 Å². The van der Waals surface area contributed by atoms with Gasteiger partial charge in [-0.05, 0) is 49.4 Å². The molecule has 0 fully saturated rings.